The fraction of sp³-hybridized carbons (Fsp3) is 0.133. The van der Waals surface area contributed by atoms with Crippen LogP contribution in [-0.4, -0.2) is 22.4 Å². The predicted octanol–water partition coefficient (Wildman–Crippen LogP) is 3.50. The molecule has 0 radical (unpaired) electrons. The van der Waals surface area contributed by atoms with Gasteiger partial charge in [0.15, 0.2) is 0 Å². The first-order chi connectivity index (χ1) is 9.22. The van der Waals surface area contributed by atoms with Crippen molar-refractivity contribution < 1.29 is 34.1 Å². The summed E-state index contributed by atoms with van der Waals surface area (Å²) in [5.74, 6) is 0.180. The van der Waals surface area contributed by atoms with E-state index in [2.05, 4.69) is 0 Å². The van der Waals surface area contributed by atoms with Gasteiger partial charge in [-0.25, -0.2) is 9.36 Å². The first kappa shape index (κ1) is 14.5. The number of nitrogens with zero attached hydrogens (tertiary/aromatic N) is 1. The largest absolute Gasteiger partial charge is 0.508 e. The zero-order chi connectivity index (χ0) is 13.4. The Morgan fingerprint density at radius 2 is 1.85 bits per heavy atom. The molecule has 5 heteroatoms. The van der Waals surface area contributed by atoms with E-state index in [1.165, 1.54) is 4.57 Å². The molecule has 1 N–H and O–H groups in total. The molecule has 4 nitrogen and oxygen atoms in total. The van der Waals surface area contributed by atoms with Crippen molar-refractivity contribution in [1.29, 1.82) is 0 Å². The van der Waals surface area contributed by atoms with Crippen molar-refractivity contribution in [3.63, 3.8) is 0 Å². The Kier molecular flexibility index (Phi) is 4.10. The summed E-state index contributed by atoms with van der Waals surface area (Å²) in [6, 6.07) is 12.5. The average molecular weight is 356 g/mol. The van der Waals surface area contributed by atoms with Crippen LogP contribution in [0.2, 0.25) is 0 Å². The molecule has 0 bridgehead atoms. The van der Waals surface area contributed by atoms with Crippen LogP contribution in [0.15, 0.2) is 42.5 Å². The van der Waals surface area contributed by atoms with E-state index in [-0.39, 0.29) is 25.2 Å². The Bertz CT molecular complexity index is 779. The molecule has 1 heterocycles. The SMILES string of the molecule is CCOC(=O)n1c2ccccc2c2cc(O)ccc21.[Ru]. The van der Waals surface area contributed by atoms with Gasteiger partial charge in [-0.3, -0.25) is 0 Å². The summed E-state index contributed by atoms with van der Waals surface area (Å²) in [6.45, 7) is 2.10. The fourth-order valence-corrected chi connectivity index (χ4v) is 2.35. The van der Waals surface area contributed by atoms with Crippen molar-refractivity contribution in [2.24, 2.45) is 0 Å². The zero-order valence-corrected chi connectivity index (χ0v) is 12.6. The van der Waals surface area contributed by atoms with E-state index < -0.39 is 6.09 Å². The molecule has 104 valence electrons. The van der Waals surface area contributed by atoms with E-state index in [9.17, 15) is 9.90 Å². The van der Waals surface area contributed by atoms with Gasteiger partial charge < -0.3 is 9.84 Å². The molecule has 2 aromatic carbocycles. The normalized spacial score (nSPS) is 10.4. The minimum Gasteiger partial charge on any atom is -0.508 e. The van der Waals surface area contributed by atoms with Gasteiger partial charge in [0.2, 0.25) is 0 Å². The minimum absolute atomic E-state index is 0. The Morgan fingerprint density at radius 1 is 1.15 bits per heavy atom. The second-order valence-electron chi connectivity index (χ2n) is 4.25. The summed E-state index contributed by atoms with van der Waals surface area (Å²) in [7, 11) is 0. The Hall–Kier alpha value is -1.87. The molecule has 3 rings (SSSR count). The summed E-state index contributed by atoms with van der Waals surface area (Å²) in [6.07, 6.45) is -0.403. The second-order valence-corrected chi connectivity index (χ2v) is 4.25. The molecule has 0 atom stereocenters. The molecular formula is C15H13NO3Ru. The molecular weight excluding hydrogens is 343 g/mol. The summed E-state index contributed by atoms with van der Waals surface area (Å²) in [5, 5.41) is 11.4. The van der Waals surface area contributed by atoms with Crippen LogP contribution in [0.25, 0.3) is 21.8 Å². The zero-order valence-electron chi connectivity index (χ0n) is 10.8. The van der Waals surface area contributed by atoms with E-state index in [0.29, 0.717) is 6.61 Å². The molecule has 1 aromatic heterocycles. The summed E-state index contributed by atoms with van der Waals surface area (Å²) in [5.41, 5.74) is 1.51. The molecule has 3 aromatic rings. The third kappa shape index (κ3) is 2.18. The third-order valence-corrected chi connectivity index (χ3v) is 3.11. The van der Waals surface area contributed by atoms with Gasteiger partial charge in [-0.1, -0.05) is 18.2 Å². The molecule has 0 spiro atoms. The Labute approximate surface area is 128 Å². The maximum absolute atomic E-state index is 12.1. The third-order valence-electron chi connectivity index (χ3n) is 3.11. The number of ether oxygens (including phenoxy) is 1. The number of carbonyl (C=O) groups is 1. The van der Waals surface area contributed by atoms with Crippen molar-refractivity contribution in [3.8, 4) is 5.75 Å². The van der Waals surface area contributed by atoms with E-state index in [4.69, 9.17) is 4.74 Å². The number of phenolic OH excluding ortho intramolecular Hbond substituents is 1. The van der Waals surface area contributed by atoms with Gasteiger partial charge in [0.1, 0.15) is 5.75 Å². The molecule has 0 saturated heterocycles. The van der Waals surface area contributed by atoms with Crippen LogP contribution in [0.3, 0.4) is 0 Å². The van der Waals surface area contributed by atoms with E-state index in [1.807, 2.05) is 24.3 Å². The van der Waals surface area contributed by atoms with Crippen molar-refractivity contribution in [2.45, 2.75) is 6.92 Å². The topological polar surface area (TPSA) is 51.5 Å². The quantitative estimate of drug-likeness (QED) is 0.679. The van der Waals surface area contributed by atoms with Crippen LogP contribution in [0.1, 0.15) is 6.92 Å². The standard InChI is InChI=1S/C15H13NO3.Ru/c1-2-19-15(18)16-13-6-4-3-5-11(13)12-9-10(17)7-8-14(12)16;/h3-9,17H,2H2,1H3;. The van der Waals surface area contributed by atoms with Gasteiger partial charge in [0, 0.05) is 30.3 Å². The van der Waals surface area contributed by atoms with Crippen molar-refractivity contribution in [2.75, 3.05) is 6.61 Å². The van der Waals surface area contributed by atoms with Gasteiger partial charge in [-0.15, -0.1) is 0 Å². The van der Waals surface area contributed by atoms with Crippen LogP contribution in [0, 0.1) is 0 Å². The Morgan fingerprint density at radius 3 is 2.60 bits per heavy atom. The fourth-order valence-electron chi connectivity index (χ4n) is 2.35. The number of phenols is 1. The number of aromatic nitrogens is 1. The first-order valence-corrected chi connectivity index (χ1v) is 6.11. The van der Waals surface area contributed by atoms with Crippen molar-refractivity contribution >= 4 is 27.9 Å². The molecule has 0 aliphatic heterocycles. The number of carbonyl (C=O) groups excluding carboxylic acids is 1. The first-order valence-electron chi connectivity index (χ1n) is 6.11. The number of hydrogen-bond acceptors (Lipinski definition) is 3. The number of aromatic hydroxyl groups is 1. The van der Waals surface area contributed by atoms with Gasteiger partial charge in [0.25, 0.3) is 0 Å². The smallest absolute Gasteiger partial charge is 0.418 e. The van der Waals surface area contributed by atoms with Crippen LogP contribution in [0.4, 0.5) is 4.79 Å². The molecule has 0 aliphatic carbocycles. The summed E-state index contributed by atoms with van der Waals surface area (Å²) in [4.78, 5) is 12.1. The van der Waals surface area contributed by atoms with Gasteiger partial charge in [-0.05, 0) is 31.2 Å². The number of para-hydroxylation sites is 1. The second kappa shape index (κ2) is 5.63. The molecule has 0 amide bonds. The van der Waals surface area contributed by atoms with Gasteiger partial charge >= 0.3 is 6.09 Å². The van der Waals surface area contributed by atoms with Crippen LogP contribution < -0.4 is 0 Å². The van der Waals surface area contributed by atoms with Crippen molar-refractivity contribution in [3.05, 3.63) is 42.5 Å². The number of benzene rings is 2. The van der Waals surface area contributed by atoms with Crippen LogP contribution in [0.5, 0.6) is 5.75 Å². The summed E-state index contributed by atoms with van der Waals surface area (Å²) >= 11 is 0. The minimum atomic E-state index is -0.403. The van der Waals surface area contributed by atoms with Gasteiger partial charge in [-0.2, -0.15) is 0 Å². The molecule has 0 saturated carbocycles. The number of hydrogen-bond donors (Lipinski definition) is 1. The summed E-state index contributed by atoms with van der Waals surface area (Å²) < 4.78 is 6.63. The molecule has 20 heavy (non-hydrogen) atoms. The predicted molar refractivity (Wildman–Crippen MR) is 73.5 cm³/mol. The maximum Gasteiger partial charge on any atom is 0.418 e. The average Bonchev–Trinajstić information content (AvgIpc) is 2.73. The monoisotopic (exact) mass is 357 g/mol. The van der Waals surface area contributed by atoms with Crippen LogP contribution in [-0.2, 0) is 24.2 Å². The molecule has 0 aliphatic rings. The Balaban J connectivity index is 0.00000147. The number of rotatable bonds is 1. The molecule has 0 unspecified atom stereocenters. The van der Waals surface area contributed by atoms with E-state index >= 15 is 0 Å². The van der Waals surface area contributed by atoms with Crippen molar-refractivity contribution in [1.82, 2.24) is 4.57 Å². The maximum atomic E-state index is 12.1. The van der Waals surface area contributed by atoms with E-state index in [0.717, 1.165) is 21.8 Å². The van der Waals surface area contributed by atoms with Gasteiger partial charge in [0.05, 0.1) is 17.6 Å². The number of fused-ring (bicyclic) bond motifs is 3. The van der Waals surface area contributed by atoms with E-state index in [1.54, 1.807) is 25.1 Å². The van der Waals surface area contributed by atoms with Crippen LogP contribution >= 0.6 is 0 Å². The molecule has 0 fully saturated rings.